The molecule has 0 bridgehead atoms. The van der Waals surface area contributed by atoms with Crippen molar-refractivity contribution in [3.05, 3.63) is 71.2 Å². The van der Waals surface area contributed by atoms with Crippen molar-refractivity contribution in [3.8, 4) is 5.75 Å². The lowest BCUT2D eigenvalue weighted by Crippen LogP contribution is -2.10. The zero-order valence-corrected chi connectivity index (χ0v) is 19.9. The van der Waals surface area contributed by atoms with Gasteiger partial charge in [0.2, 0.25) is 0 Å². The maximum Gasteiger partial charge on any atom is 0.341 e. The molecular weight excluding hydrogens is 443 g/mol. The third kappa shape index (κ3) is 7.06. The Morgan fingerprint density at radius 1 is 1.12 bits per heavy atom. The number of rotatable bonds is 12. The number of nitrogens with zero attached hydrogens (tertiary/aromatic N) is 2. The fourth-order valence-corrected chi connectivity index (χ4v) is 3.03. The molecule has 1 atom stereocenters. The van der Waals surface area contributed by atoms with Gasteiger partial charge in [-0.25, -0.2) is 9.18 Å². The van der Waals surface area contributed by atoms with Crippen LogP contribution in [0.3, 0.4) is 0 Å². The Morgan fingerprint density at radius 2 is 1.88 bits per heavy atom. The van der Waals surface area contributed by atoms with E-state index in [1.54, 1.807) is 37.3 Å². The molecule has 2 rings (SSSR count). The molecule has 0 aliphatic rings. The number of methoxy groups -OCH3 is 2. The Bertz CT molecular complexity index is 1050. The summed E-state index contributed by atoms with van der Waals surface area (Å²) < 4.78 is 30.0. The van der Waals surface area contributed by atoms with Crippen molar-refractivity contribution in [2.24, 2.45) is 10.3 Å². The molecule has 2 aromatic carbocycles. The monoisotopic (exact) mass is 472 g/mol. The summed E-state index contributed by atoms with van der Waals surface area (Å²) in [5.74, 6) is -0.674. The summed E-state index contributed by atoms with van der Waals surface area (Å²) in [7, 11) is 4.08. The van der Waals surface area contributed by atoms with Crippen LogP contribution in [0.5, 0.6) is 5.75 Å². The highest BCUT2D eigenvalue weighted by Crippen LogP contribution is 2.28. The van der Waals surface area contributed by atoms with Crippen molar-refractivity contribution in [2.75, 3.05) is 27.9 Å². The Labute approximate surface area is 198 Å². The van der Waals surface area contributed by atoms with Gasteiger partial charge in [-0.05, 0) is 31.0 Å². The minimum absolute atomic E-state index is 0.122. The largest absolute Gasteiger partial charge is 0.503 e. The number of carbonyl (C=O) groups is 1. The minimum Gasteiger partial charge on any atom is -0.503 e. The quantitative estimate of drug-likeness (QED) is 0.144. The number of oxime groups is 2. The van der Waals surface area contributed by atoms with E-state index in [-0.39, 0.29) is 16.8 Å². The molecular formula is C25H29FN2O6. The standard InChI is InChI=1S/C25H29FN2O6/c1-6-13-33-18-11-12-21(23(26)14-18)24(28-32-5)15-27-34-17(2)19-9-7-8-10-20(19)22(16-30-3)25(29)31-4/h7-12,14-17H,6,13H2,1-5H3. The Balaban J connectivity index is 2.25. The second kappa shape index (κ2) is 13.6. The number of hydrogen-bond acceptors (Lipinski definition) is 8. The van der Waals surface area contributed by atoms with Crippen LogP contribution in [0.15, 0.2) is 59.0 Å². The van der Waals surface area contributed by atoms with Gasteiger partial charge in [0.05, 0.1) is 33.3 Å². The van der Waals surface area contributed by atoms with Crippen molar-refractivity contribution >= 4 is 23.5 Å². The molecule has 0 aromatic heterocycles. The summed E-state index contributed by atoms with van der Waals surface area (Å²) in [4.78, 5) is 22.6. The molecule has 0 aliphatic heterocycles. The molecule has 0 saturated heterocycles. The predicted molar refractivity (Wildman–Crippen MR) is 127 cm³/mol. The van der Waals surface area contributed by atoms with Crippen LogP contribution in [0.1, 0.15) is 43.1 Å². The molecule has 9 heteroatoms. The fraction of sp³-hybridized carbons (Fsp3) is 0.320. The van der Waals surface area contributed by atoms with Gasteiger partial charge in [0, 0.05) is 17.2 Å². The van der Waals surface area contributed by atoms with Crippen molar-refractivity contribution < 1.29 is 33.1 Å². The summed E-state index contributed by atoms with van der Waals surface area (Å²) in [6.45, 7) is 4.21. The van der Waals surface area contributed by atoms with Gasteiger partial charge in [0.25, 0.3) is 0 Å². The SMILES string of the molecule is CCCOc1ccc(C(C=NOC(C)c2ccccc2C(=COC)C(=O)OC)=NOC)c(F)c1. The van der Waals surface area contributed by atoms with Crippen LogP contribution < -0.4 is 4.74 Å². The minimum atomic E-state index is -0.573. The van der Waals surface area contributed by atoms with E-state index in [2.05, 4.69) is 10.3 Å². The molecule has 34 heavy (non-hydrogen) atoms. The normalized spacial score (nSPS) is 12.9. The van der Waals surface area contributed by atoms with Crippen molar-refractivity contribution in [1.29, 1.82) is 0 Å². The highest BCUT2D eigenvalue weighted by atomic mass is 19.1. The first-order valence-corrected chi connectivity index (χ1v) is 10.6. The van der Waals surface area contributed by atoms with E-state index >= 15 is 0 Å². The van der Waals surface area contributed by atoms with Gasteiger partial charge < -0.3 is 23.9 Å². The van der Waals surface area contributed by atoms with Gasteiger partial charge in [0.1, 0.15) is 36.1 Å². The lowest BCUT2D eigenvalue weighted by atomic mass is 9.97. The second-order valence-electron chi connectivity index (χ2n) is 6.98. The molecule has 0 saturated carbocycles. The van der Waals surface area contributed by atoms with Gasteiger partial charge in [-0.15, -0.1) is 0 Å². The van der Waals surface area contributed by atoms with Crippen LogP contribution in [0.4, 0.5) is 4.39 Å². The summed E-state index contributed by atoms with van der Waals surface area (Å²) in [5.41, 5.74) is 1.76. The smallest absolute Gasteiger partial charge is 0.341 e. The third-order valence-corrected chi connectivity index (χ3v) is 4.60. The second-order valence-corrected chi connectivity index (χ2v) is 6.98. The number of hydrogen-bond donors (Lipinski definition) is 0. The first-order chi connectivity index (χ1) is 16.5. The summed E-state index contributed by atoms with van der Waals surface area (Å²) in [6.07, 6.45) is 2.80. The van der Waals surface area contributed by atoms with Gasteiger partial charge in [0.15, 0.2) is 0 Å². The molecule has 0 heterocycles. The maximum absolute atomic E-state index is 14.6. The summed E-state index contributed by atoms with van der Waals surface area (Å²) in [5, 5.41) is 7.81. The summed E-state index contributed by atoms with van der Waals surface area (Å²) >= 11 is 0. The molecule has 0 fully saturated rings. The summed E-state index contributed by atoms with van der Waals surface area (Å²) in [6, 6.07) is 11.6. The first-order valence-electron chi connectivity index (χ1n) is 10.6. The van der Waals surface area contributed by atoms with Gasteiger partial charge in [-0.1, -0.05) is 41.5 Å². The lowest BCUT2D eigenvalue weighted by Gasteiger charge is -2.16. The van der Waals surface area contributed by atoms with E-state index in [0.29, 0.717) is 23.5 Å². The van der Waals surface area contributed by atoms with E-state index in [1.165, 1.54) is 45.9 Å². The van der Waals surface area contributed by atoms with Gasteiger partial charge >= 0.3 is 5.97 Å². The van der Waals surface area contributed by atoms with Crippen LogP contribution >= 0.6 is 0 Å². The molecule has 182 valence electrons. The van der Waals surface area contributed by atoms with Crippen LogP contribution in [0.2, 0.25) is 0 Å². The van der Waals surface area contributed by atoms with Crippen molar-refractivity contribution in [3.63, 3.8) is 0 Å². The molecule has 0 amide bonds. The third-order valence-electron chi connectivity index (χ3n) is 4.60. The molecule has 0 N–H and O–H groups in total. The average molecular weight is 473 g/mol. The number of esters is 1. The molecule has 1 unspecified atom stereocenters. The zero-order chi connectivity index (χ0) is 24.9. The van der Waals surface area contributed by atoms with Crippen LogP contribution in [0.25, 0.3) is 5.57 Å². The lowest BCUT2D eigenvalue weighted by molar-refractivity contribution is -0.133. The van der Waals surface area contributed by atoms with E-state index in [0.717, 1.165) is 6.42 Å². The highest BCUT2D eigenvalue weighted by molar-refractivity contribution is 6.38. The Kier molecular flexibility index (Phi) is 10.6. The van der Waals surface area contributed by atoms with E-state index in [4.69, 9.17) is 23.9 Å². The first kappa shape index (κ1) is 26.4. The van der Waals surface area contributed by atoms with Crippen LogP contribution in [-0.4, -0.2) is 45.8 Å². The molecule has 0 radical (unpaired) electrons. The number of ether oxygens (including phenoxy) is 3. The topological polar surface area (TPSA) is 87.9 Å². The Hall–Kier alpha value is -3.88. The number of halogens is 1. The van der Waals surface area contributed by atoms with Crippen LogP contribution in [0, 0.1) is 5.82 Å². The van der Waals surface area contributed by atoms with Gasteiger partial charge in [-0.2, -0.15) is 0 Å². The zero-order valence-electron chi connectivity index (χ0n) is 19.9. The fourth-order valence-electron chi connectivity index (χ4n) is 3.03. The molecule has 8 nitrogen and oxygen atoms in total. The van der Waals surface area contributed by atoms with Crippen LogP contribution in [-0.2, 0) is 23.9 Å². The van der Waals surface area contributed by atoms with Gasteiger partial charge in [-0.3, -0.25) is 0 Å². The predicted octanol–water partition coefficient (Wildman–Crippen LogP) is 4.89. The van der Waals surface area contributed by atoms with Crippen molar-refractivity contribution in [2.45, 2.75) is 26.4 Å². The van der Waals surface area contributed by atoms with E-state index in [9.17, 15) is 9.18 Å². The molecule has 0 aliphatic carbocycles. The van der Waals surface area contributed by atoms with E-state index in [1.807, 2.05) is 6.92 Å². The van der Waals surface area contributed by atoms with Crippen molar-refractivity contribution in [1.82, 2.24) is 0 Å². The molecule has 0 spiro atoms. The highest BCUT2D eigenvalue weighted by Gasteiger charge is 2.20. The Morgan fingerprint density at radius 3 is 2.53 bits per heavy atom. The molecule has 2 aromatic rings. The number of carbonyl (C=O) groups excluding carboxylic acids is 1. The average Bonchev–Trinajstić information content (AvgIpc) is 2.85. The maximum atomic E-state index is 14.6. The van der Waals surface area contributed by atoms with E-state index < -0.39 is 17.9 Å². The number of benzene rings is 2.